The molecule has 10 heteroatoms. The van der Waals surface area contributed by atoms with Crippen LogP contribution in [-0.4, -0.2) is 33.2 Å². The smallest absolute Gasteiger partial charge is 0.301 e. The lowest BCUT2D eigenvalue weighted by atomic mass is 10.2. The number of rotatable bonds is 2. The monoisotopic (exact) mass is 374 g/mol. The van der Waals surface area contributed by atoms with Gasteiger partial charge >= 0.3 is 6.18 Å². The first-order valence-electron chi connectivity index (χ1n) is 6.76. The summed E-state index contributed by atoms with van der Waals surface area (Å²) in [4.78, 5) is 16.2. The molecule has 0 atom stereocenters. The van der Waals surface area contributed by atoms with Crippen molar-refractivity contribution >= 4 is 34.4 Å². The number of hydrogen-bond acceptors (Lipinski definition) is 4. The van der Waals surface area contributed by atoms with Gasteiger partial charge in [0.1, 0.15) is 0 Å². The minimum atomic E-state index is -4.77. The fraction of sp³-hybridized carbons (Fsp3) is 0.214. The number of carbonyl (C=O) groups is 1. The molecule has 1 aliphatic heterocycles. The third-order valence-corrected chi connectivity index (χ3v) is 4.27. The van der Waals surface area contributed by atoms with Crippen LogP contribution < -0.4 is 5.32 Å². The number of hydrogen-bond donors (Lipinski definition) is 1. The van der Waals surface area contributed by atoms with Crippen molar-refractivity contribution in [2.45, 2.75) is 6.18 Å². The van der Waals surface area contributed by atoms with Crippen molar-refractivity contribution in [2.24, 2.45) is 4.99 Å². The van der Waals surface area contributed by atoms with Crippen molar-refractivity contribution in [2.75, 3.05) is 12.3 Å². The molecule has 1 aromatic carbocycles. The normalized spacial score (nSPS) is 14.6. The standard InChI is InChI=1S/C14H10ClF3N4OS/c15-8-2-1-3-9(6-8)22-11(14(16,17)18)10(7-20-22)12(23)21-13-19-4-5-24-13/h1-3,6-7H,4-5H2,(H,19,21,23). The molecular formula is C14H10ClF3N4OS. The second kappa shape index (κ2) is 6.48. The minimum Gasteiger partial charge on any atom is -0.301 e. The predicted octanol–water partition coefficient (Wildman–Crippen LogP) is 3.38. The van der Waals surface area contributed by atoms with Crippen molar-refractivity contribution in [1.29, 1.82) is 0 Å². The molecule has 1 aliphatic rings. The molecule has 0 saturated carbocycles. The van der Waals surface area contributed by atoms with Gasteiger partial charge in [0.2, 0.25) is 0 Å². The zero-order valence-corrected chi connectivity index (χ0v) is 13.5. The van der Waals surface area contributed by atoms with Crippen molar-refractivity contribution in [3.05, 3.63) is 46.7 Å². The van der Waals surface area contributed by atoms with E-state index in [1.54, 1.807) is 0 Å². The summed E-state index contributed by atoms with van der Waals surface area (Å²) in [6, 6.07) is 5.79. The molecule has 24 heavy (non-hydrogen) atoms. The van der Waals surface area contributed by atoms with Crippen LogP contribution in [0.4, 0.5) is 13.2 Å². The molecule has 1 aromatic heterocycles. The number of aromatic nitrogens is 2. The summed E-state index contributed by atoms with van der Waals surface area (Å²) < 4.78 is 41.1. The second-order valence-electron chi connectivity index (χ2n) is 4.79. The molecule has 1 amide bonds. The van der Waals surface area contributed by atoms with E-state index in [9.17, 15) is 18.0 Å². The average molecular weight is 375 g/mol. The zero-order chi connectivity index (χ0) is 17.3. The molecule has 2 heterocycles. The quantitative estimate of drug-likeness (QED) is 0.876. The SMILES string of the molecule is O=C(NC1=NCCS1)c1cnn(-c2cccc(Cl)c2)c1C(F)(F)F. The summed E-state index contributed by atoms with van der Waals surface area (Å²) >= 11 is 7.10. The van der Waals surface area contributed by atoms with Crippen LogP contribution in [0.3, 0.4) is 0 Å². The number of alkyl halides is 3. The lowest BCUT2D eigenvalue weighted by Crippen LogP contribution is -2.29. The molecule has 0 fully saturated rings. The first-order valence-corrected chi connectivity index (χ1v) is 8.12. The Morgan fingerprint density at radius 1 is 1.38 bits per heavy atom. The summed E-state index contributed by atoms with van der Waals surface area (Å²) in [5.74, 6) is -0.215. The number of thioether (sulfide) groups is 1. The van der Waals surface area contributed by atoms with Crippen LogP contribution in [0.1, 0.15) is 16.1 Å². The van der Waals surface area contributed by atoms with Crippen molar-refractivity contribution in [3.63, 3.8) is 0 Å². The van der Waals surface area contributed by atoms with Gasteiger partial charge in [-0.3, -0.25) is 9.79 Å². The van der Waals surface area contributed by atoms with E-state index in [0.29, 0.717) is 22.1 Å². The van der Waals surface area contributed by atoms with Gasteiger partial charge in [-0.1, -0.05) is 29.4 Å². The third-order valence-electron chi connectivity index (χ3n) is 3.14. The Morgan fingerprint density at radius 2 is 2.17 bits per heavy atom. The van der Waals surface area contributed by atoms with Crippen LogP contribution in [0.25, 0.3) is 5.69 Å². The molecule has 0 saturated heterocycles. The van der Waals surface area contributed by atoms with Gasteiger partial charge in [0.25, 0.3) is 5.91 Å². The molecule has 0 radical (unpaired) electrons. The molecule has 5 nitrogen and oxygen atoms in total. The van der Waals surface area contributed by atoms with Crippen molar-refractivity contribution < 1.29 is 18.0 Å². The van der Waals surface area contributed by atoms with Gasteiger partial charge in [-0.2, -0.15) is 18.3 Å². The topological polar surface area (TPSA) is 59.3 Å². The molecule has 1 N–H and O–H groups in total. The summed E-state index contributed by atoms with van der Waals surface area (Å²) in [5.41, 5.74) is -1.62. The summed E-state index contributed by atoms with van der Waals surface area (Å²) in [6.45, 7) is 0.522. The van der Waals surface area contributed by atoms with Crippen LogP contribution in [-0.2, 0) is 6.18 Å². The van der Waals surface area contributed by atoms with Gasteiger partial charge in [-0.25, -0.2) is 4.68 Å². The van der Waals surface area contributed by atoms with E-state index in [-0.39, 0.29) is 10.7 Å². The fourth-order valence-electron chi connectivity index (χ4n) is 2.17. The van der Waals surface area contributed by atoms with Crippen LogP contribution in [0.15, 0.2) is 35.5 Å². The Balaban J connectivity index is 2.03. The van der Waals surface area contributed by atoms with Gasteiger partial charge in [-0.15, -0.1) is 0 Å². The zero-order valence-electron chi connectivity index (χ0n) is 12.0. The maximum Gasteiger partial charge on any atom is 0.434 e. The predicted molar refractivity (Wildman–Crippen MR) is 85.8 cm³/mol. The van der Waals surface area contributed by atoms with Gasteiger partial charge in [0.05, 0.1) is 24.0 Å². The second-order valence-corrected chi connectivity index (χ2v) is 6.31. The first kappa shape index (κ1) is 16.8. The molecule has 0 spiro atoms. The first-order chi connectivity index (χ1) is 11.4. The van der Waals surface area contributed by atoms with Crippen LogP contribution in [0.2, 0.25) is 5.02 Å². The summed E-state index contributed by atoms with van der Waals surface area (Å²) in [7, 11) is 0. The van der Waals surface area contributed by atoms with Crippen LogP contribution in [0.5, 0.6) is 0 Å². The Kier molecular flexibility index (Phi) is 4.55. The van der Waals surface area contributed by atoms with Crippen LogP contribution >= 0.6 is 23.4 Å². The van der Waals surface area contributed by atoms with Crippen molar-refractivity contribution in [1.82, 2.24) is 15.1 Å². The lowest BCUT2D eigenvalue weighted by Gasteiger charge is -2.13. The van der Waals surface area contributed by atoms with E-state index < -0.39 is 23.3 Å². The van der Waals surface area contributed by atoms with Gasteiger partial charge in [-0.05, 0) is 18.2 Å². The fourth-order valence-corrected chi connectivity index (χ4v) is 3.07. The van der Waals surface area contributed by atoms with E-state index in [1.807, 2.05) is 0 Å². The van der Waals surface area contributed by atoms with E-state index in [1.165, 1.54) is 36.0 Å². The Labute approximate surface area is 143 Å². The van der Waals surface area contributed by atoms with E-state index >= 15 is 0 Å². The molecule has 3 rings (SSSR count). The molecule has 126 valence electrons. The highest BCUT2D eigenvalue weighted by molar-refractivity contribution is 8.14. The molecule has 2 aromatic rings. The number of nitrogens with one attached hydrogen (secondary N) is 1. The Hall–Kier alpha value is -2.00. The average Bonchev–Trinajstić information content (AvgIpc) is 3.15. The molecular weight excluding hydrogens is 365 g/mol. The number of nitrogens with zero attached hydrogens (tertiary/aromatic N) is 3. The maximum absolute atomic E-state index is 13.5. The third kappa shape index (κ3) is 3.41. The van der Waals surface area contributed by atoms with Crippen molar-refractivity contribution in [3.8, 4) is 5.69 Å². The van der Waals surface area contributed by atoms with E-state index in [0.717, 1.165) is 6.20 Å². The van der Waals surface area contributed by atoms with Gasteiger partial charge in [0.15, 0.2) is 10.9 Å². The highest BCUT2D eigenvalue weighted by Gasteiger charge is 2.40. The number of amidine groups is 1. The minimum absolute atomic E-state index is 0.112. The number of halogens is 4. The number of amides is 1. The van der Waals surface area contributed by atoms with E-state index in [2.05, 4.69) is 15.4 Å². The molecule has 0 unspecified atom stereocenters. The lowest BCUT2D eigenvalue weighted by molar-refractivity contribution is -0.143. The summed E-state index contributed by atoms with van der Waals surface area (Å²) in [5, 5.41) is 6.67. The number of carbonyl (C=O) groups excluding carboxylic acids is 1. The highest BCUT2D eigenvalue weighted by atomic mass is 35.5. The highest BCUT2D eigenvalue weighted by Crippen LogP contribution is 2.34. The molecule has 0 bridgehead atoms. The van der Waals surface area contributed by atoms with Crippen LogP contribution in [0, 0.1) is 0 Å². The Morgan fingerprint density at radius 3 is 2.79 bits per heavy atom. The molecule has 0 aliphatic carbocycles. The number of aliphatic imine (C=N–C) groups is 1. The van der Waals surface area contributed by atoms with Gasteiger partial charge in [0, 0.05) is 10.8 Å². The number of benzene rings is 1. The largest absolute Gasteiger partial charge is 0.434 e. The van der Waals surface area contributed by atoms with Gasteiger partial charge < -0.3 is 5.32 Å². The summed E-state index contributed by atoms with van der Waals surface area (Å²) in [6.07, 6.45) is -3.88. The van der Waals surface area contributed by atoms with E-state index in [4.69, 9.17) is 11.6 Å². The Bertz CT molecular complexity index is 819. The maximum atomic E-state index is 13.5.